The number of hydrogen-bond donors (Lipinski definition) is 0. The molecule has 2 heterocycles. The summed E-state index contributed by atoms with van der Waals surface area (Å²) in [7, 11) is 0. The fourth-order valence-corrected chi connectivity index (χ4v) is 2.11. The van der Waals surface area contributed by atoms with Crippen LogP contribution in [0, 0.1) is 6.92 Å². The van der Waals surface area contributed by atoms with Crippen molar-refractivity contribution in [2.24, 2.45) is 0 Å². The second-order valence-corrected chi connectivity index (χ2v) is 4.95. The molecule has 0 N–H and O–H groups in total. The fraction of sp³-hybridized carbons (Fsp3) is 0.125. The summed E-state index contributed by atoms with van der Waals surface area (Å²) in [5.41, 5.74) is 0.957. The minimum absolute atomic E-state index is 0.0689. The third-order valence-corrected chi connectivity index (χ3v) is 3.14. The van der Waals surface area contributed by atoms with Crippen LogP contribution >= 0.6 is 11.6 Å². The van der Waals surface area contributed by atoms with Crippen LogP contribution in [0.5, 0.6) is 0 Å². The monoisotopic (exact) mass is 317 g/mol. The Labute approximate surface area is 131 Å². The van der Waals surface area contributed by atoms with Crippen LogP contribution in [0.3, 0.4) is 0 Å². The van der Waals surface area contributed by atoms with Gasteiger partial charge in [-0.05, 0) is 29.3 Å². The highest BCUT2D eigenvalue weighted by atomic mass is 35.5. The summed E-state index contributed by atoms with van der Waals surface area (Å²) in [5, 5.41) is 0.202. The second kappa shape index (κ2) is 6.07. The Hall–Kier alpha value is -2.53. The van der Waals surface area contributed by atoms with Gasteiger partial charge in [-0.3, -0.25) is 0 Å². The molecule has 3 rings (SSSR count). The molecule has 0 spiro atoms. The number of nitrogens with zero attached hydrogens (tertiary/aromatic N) is 1. The quantitative estimate of drug-likeness (QED) is 0.673. The van der Waals surface area contributed by atoms with Gasteiger partial charge in [-0.1, -0.05) is 30.3 Å². The molecule has 22 heavy (non-hydrogen) atoms. The zero-order valence-corrected chi connectivity index (χ0v) is 12.5. The third kappa shape index (κ3) is 3.04. The van der Waals surface area contributed by atoms with Crippen LogP contribution in [0.1, 0.15) is 21.9 Å². The van der Waals surface area contributed by atoms with E-state index in [1.807, 2.05) is 30.3 Å². The minimum atomic E-state index is -0.580. The Morgan fingerprint density at radius 1 is 1.18 bits per heavy atom. The van der Waals surface area contributed by atoms with Crippen LogP contribution in [-0.4, -0.2) is 11.0 Å². The molecule has 2 aromatic heterocycles. The first-order valence-corrected chi connectivity index (χ1v) is 6.95. The molecule has 0 bridgehead atoms. The predicted octanol–water partition coefficient (Wildman–Crippen LogP) is 4.25. The number of rotatable bonds is 4. The fourth-order valence-electron chi connectivity index (χ4n) is 1.96. The molecule has 0 fully saturated rings. The van der Waals surface area contributed by atoms with Gasteiger partial charge in [-0.25, -0.2) is 9.78 Å². The molecule has 112 valence electrons. The summed E-state index contributed by atoms with van der Waals surface area (Å²) in [6.07, 6.45) is 0. The molecule has 0 radical (unpaired) electrons. The van der Waals surface area contributed by atoms with E-state index in [4.69, 9.17) is 25.2 Å². The van der Waals surface area contributed by atoms with Gasteiger partial charge in [-0.2, -0.15) is 0 Å². The molecule has 1 aromatic carbocycles. The zero-order chi connectivity index (χ0) is 15.5. The van der Waals surface area contributed by atoms with Gasteiger partial charge in [0.25, 0.3) is 0 Å². The van der Waals surface area contributed by atoms with E-state index in [0.29, 0.717) is 11.7 Å². The smallest absolute Gasteiger partial charge is 0.361 e. The molecule has 3 aromatic rings. The second-order valence-electron chi connectivity index (χ2n) is 4.58. The number of aryl methyl sites for hydroxylation is 1. The lowest BCUT2D eigenvalue weighted by atomic mass is 10.2. The molecule has 0 aliphatic heterocycles. The Balaban J connectivity index is 1.81. The zero-order valence-electron chi connectivity index (χ0n) is 11.7. The number of hydrogen-bond acceptors (Lipinski definition) is 5. The highest BCUT2D eigenvalue weighted by molar-refractivity contribution is 6.29. The van der Waals surface area contributed by atoms with Gasteiger partial charge in [-0.15, -0.1) is 0 Å². The molecule has 0 atom stereocenters. The summed E-state index contributed by atoms with van der Waals surface area (Å²) in [5.74, 6) is 0.303. The number of esters is 1. The van der Waals surface area contributed by atoms with Gasteiger partial charge in [0.05, 0.1) is 0 Å². The topological polar surface area (TPSA) is 65.5 Å². The molecule has 0 aliphatic rings. The SMILES string of the molecule is Cc1nc(C(=O)OCc2ccccc2)c(-c2ccc(Cl)o2)o1. The molecule has 0 aliphatic carbocycles. The lowest BCUT2D eigenvalue weighted by Crippen LogP contribution is -2.07. The molecule has 6 heteroatoms. The minimum Gasteiger partial charge on any atom is -0.456 e. The van der Waals surface area contributed by atoms with Crippen molar-refractivity contribution in [2.45, 2.75) is 13.5 Å². The van der Waals surface area contributed by atoms with Crippen LogP contribution < -0.4 is 0 Å². The Kier molecular flexibility index (Phi) is 3.98. The largest absolute Gasteiger partial charge is 0.456 e. The van der Waals surface area contributed by atoms with Crippen molar-refractivity contribution >= 4 is 17.6 Å². The number of oxazole rings is 1. The molecular weight excluding hydrogens is 306 g/mol. The maximum Gasteiger partial charge on any atom is 0.361 e. The first kappa shape index (κ1) is 14.4. The normalized spacial score (nSPS) is 10.6. The molecule has 0 saturated heterocycles. The van der Waals surface area contributed by atoms with Crippen molar-refractivity contribution in [3.63, 3.8) is 0 Å². The van der Waals surface area contributed by atoms with Gasteiger partial charge in [0.15, 0.2) is 22.6 Å². The number of furan rings is 1. The Bertz CT molecular complexity index is 792. The lowest BCUT2D eigenvalue weighted by Gasteiger charge is -2.03. The maximum absolute atomic E-state index is 12.2. The molecule has 5 nitrogen and oxygen atoms in total. The maximum atomic E-state index is 12.2. The standard InChI is InChI=1S/C16H12ClNO4/c1-10-18-14(15(21-10)12-7-8-13(17)22-12)16(19)20-9-11-5-3-2-4-6-11/h2-8H,9H2,1H3. The van der Waals surface area contributed by atoms with E-state index < -0.39 is 5.97 Å². The van der Waals surface area contributed by atoms with E-state index >= 15 is 0 Å². The van der Waals surface area contributed by atoms with Gasteiger partial charge in [0.1, 0.15) is 6.61 Å². The number of ether oxygens (including phenoxy) is 1. The number of carbonyl (C=O) groups is 1. The van der Waals surface area contributed by atoms with E-state index in [1.165, 1.54) is 0 Å². The van der Waals surface area contributed by atoms with Crippen LogP contribution in [-0.2, 0) is 11.3 Å². The summed E-state index contributed by atoms with van der Waals surface area (Å²) in [6.45, 7) is 1.80. The van der Waals surface area contributed by atoms with Gasteiger partial charge >= 0.3 is 5.97 Å². The van der Waals surface area contributed by atoms with Gasteiger partial charge < -0.3 is 13.6 Å². The van der Waals surface area contributed by atoms with Crippen molar-refractivity contribution in [1.29, 1.82) is 0 Å². The van der Waals surface area contributed by atoms with E-state index in [2.05, 4.69) is 4.98 Å². The highest BCUT2D eigenvalue weighted by Crippen LogP contribution is 2.29. The average molecular weight is 318 g/mol. The summed E-state index contributed by atoms with van der Waals surface area (Å²) in [4.78, 5) is 16.3. The first-order valence-electron chi connectivity index (χ1n) is 6.57. The van der Waals surface area contributed by atoms with Gasteiger partial charge in [0.2, 0.25) is 5.76 Å². The third-order valence-electron chi connectivity index (χ3n) is 2.94. The number of benzene rings is 1. The predicted molar refractivity (Wildman–Crippen MR) is 79.5 cm³/mol. The van der Waals surface area contributed by atoms with Crippen LogP contribution in [0.25, 0.3) is 11.5 Å². The van der Waals surface area contributed by atoms with E-state index in [0.717, 1.165) is 5.56 Å². The number of aromatic nitrogens is 1. The van der Waals surface area contributed by atoms with Crippen molar-refractivity contribution in [3.05, 3.63) is 64.8 Å². The molecule has 0 unspecified atom stereocenters. The van der Waals surface area contributed by atoms with Gasteiger partial charge in [0, 0.05) is 6.92 Å². The summed E-state index contributed by atoms with van der Waals surface area (Å²) < 4.78 is 15.9. The van der Waals surface area contributed by atoms with Crippen LogP contribution in [0.15, 0.2) is 51.3 Å². The van der Waals surface area contributed by atoms with E-state index in [1.54, 1.807) is 19.1 Å². The van der Waals surface area contributed by atoms with E-state index in [-0.39, 0.29) is 23.3 Å². The molecule has 0 saturated carbocycles. The van der Waals surface area contributed by atoms with Crippen LogP contribution in [0.2, 0.25) is 5.22 Å². The van der Waals surface area contributed by atoms with Crippen molar-refractivity contribution in [1.82, 2.24) is 4.98 Å². The van der Waals surface area contributed by atoms with Crippen molar-refractivity contribution < 1.29 is 18.4 Å². The first-order chi connectivity index (χ1) is 10.6. The average Bonchev–Trinajstić information content (AvgIpc) is 3.11. The Morgan fingerprint density at radius 3 is 2.64 bits per heavy atom. The lowest BCUT2D eigenvalue weighted by molar-refractivity contribution is 0.0466. The summed E-state index contributed by atoms with van der Waals surface area (Å²) >= 11 is 5.75. The summed E-state index contributed by atoms with van der Waals surface area (Å²) in [6, 6.07) is 12.6. The molecule has 0 amide bonds. The van der Waals surface area contributed by atoms with Crippen molar-refractivity contribution in [2.75, 3.05) is 0 Å². The van der Waals surface area contributed by atoms with Crippen molar-refractivity contribution in [3.8, 4) is 11.5 Å². The van der Waals surface area contributed by atoms with E-state index in [9.17, 15) is 4.79 Å². The van der Waals surface area contributed by atoms with Crippen LogP contribution in [0.4, 0.5) is 0 Å². The molecular formula is C16H12ClNO4. The Morgan fingerprint density at radius 2 is 1.95 bits per heavy atom. The highest BCUT2D eigenvalue weighted by Gasteiger charge is 2.23. The number of halogens is 1. The number of carbonyl (C=O) groups excluding carboxylic acids is 1.